The second kappa shape index (κ2) is 10.5. The Bertz CT molecular complexity index is 1080. The van der Waals surface area contributed by atoms with Crippen LogP contribution in [0.2, 0.25) is 0 Å². The molecule has 2 aliphatic heterocycles. The van der Waals surface area contributed by atoms with Crippen LogP contribution >= 0.6 is 0 Å². The molecule has 8 nitrogen and oxygen atoms in total. The van der Waals surface area contributed by atoms with Gasteiger partial charge in [-0.3, -0.25) is 9.59 Å². The molecule has 0 aromatic rings. The molecule has 0 bridgehead atoms. The van der Waals surface area contributed by atoms with Gasteiger partial charge in [0.05, 0.1) is 0 Å². The van der Waals surface area contributed by atoms with E-state index >= 15 is 0 Å². The molecule has 0 unspecified atom stereocenters. The van der Waals surface area contributed by atoms with E-state index < -0.39 is 41.4 Å². The van der Waals surface area contributed by atoms with E-state index in [9.17, 15) is 19.2 Å². The lowest BCUT2D eigenvalue weighted by Crippen LogP contribution is -2.50. The molecular weight excluding hydrogens is 476 g/mol. The minimum absolute atomic E-state index is 0.190. The highest BCUT2D eigenvalue weighted by Crippen LogP contribution is 2.38. The van der Waals surface area contributed by atoms with Crippen LogP contribution in [0.5, 0.6) is 0 Å². The molecule has 0 amide bonds. The van der Waals surface area contributed by atoms with Crippen LogP contribution in [0, 0.1) is 5.92 Å². The lowest BCUT2D eigenvalue weighted by Gasteiger charge is -2.40. The van der Waals surface area contributed by atoms with Crippen LogP contribution in [-0.4, -0.2) is 35.5 Å². The summed E-state index contributed by atoms with van der Waals surface area (Å²) < 4.78 is 22.3. The molecule has 5 aliphatic rings. The molecule has 4 fully saturated rings. The van der Waals surface area contributed by atoms with Gasteiger partial charge in [0, 0.05) is 25.7 Å². The molecule has 0 aromatic carbocycles. The van der Waals surface area contributed by atoms with Crippen molar-refractivity contribution in [3.05, 3.63) is 59.3 Å². The third-order valence-electron chi connectivity index (χ3n) is 7.59. The summed E-state index contributed by atoms with van der Waals surface area (Å²) in [5.41, 5.74) is 1.39. The van der Waals surface area contributed by atoms with Crippen molar-refractivity contribution in [2.75, 3.05) is 0 Å². The number of carbonyl (C=O) groups excluding carboxylic acids is 4. The van der Waals surface area contributed by atoms with Crippen LogP contribution in [0.1, 0.15) is 77.0 Å². The Kier molecular flexibility index (Phi) is 7.17. The highest BCUT2D eigenvalue weighted by atomic mass is 16.8. The normalized spacial score (nSPS) is 27.5. The zero-order valence-electron chi connectivity index (χ0n) is 20.9. The van der Waals surface area contributed by atoms with Crippen molar-refractivity contribution in [2.45, 2.75) is 88.6 Å². The van der Waals surface area contributed by atoms with Crippen molar-refractivity contribution in [3.8, 4) is 0 Å². The van der Waals surface area contributed by atoms with Crippen molar-refractivity contribution in [1.82, 2.24) is 0 Å². The van der Waals surface area contributed by atoms with E-state index in [2.05, 4.69) is 0 Å². The summed E-state index contributed by atoms with van der Waals surface area (Å²) in [5, 5.41) is 0. The van der Waals surface area contributed by atoms with Gasteiger partial charge in [0.2, 0.25) is 0 Å². The fraction of sp³-hybridized carbons (Fsp3) is 0.517. The van der Waals surface area contributed by atoms with Crippen molar-refractivity contribution in [3.63, 3.8) is 0 Å². The molecule has 196 valence electrons. The molecule has 3 aliphatic carbocycles. The van der Waals surface area contributed by atoms with Crippen LogP contribution in [-0.2, 0) is 38.1 Å². The van der Waals surface area contributed by atoms with E-state index in [1.54, 1.807) is 12.2 Å². The Morgan fingerprint density at radius 1 is 0.784 bits per heavy atom. The van der Waals surface area contributed by atoms with E-state index in [-0.39, 0.29) is 5.57 Å². The number of hydrogen-bond acceptors (Lipinski definition) is 8. The molecule has 5 rings (SSSR count). The van der Waals surface area contributed by atoms with Gasteiger partial charge in [-0.05, 0) is 55.7 Å². The lowest BCUT2D eigenvalue weighted by molar-refractivity contribution is -0.258. The fourth-order valence-electron chi connectivity index (χ4n) is 5.53. The van der Waals surface area contributed by atoms with E-state index in [0.29, 0.717) is 31.3 Å². The first-order valence-corrected chi connectivity index (χ1v) is 13.3. The third kappa shape index (κ3) is 5.48. The molecule has 0 radical (unpaired) electrons. The average molecular weight is 509 g/mol. The number of rotatable bonds is 4. The molecule has 8 heteroatoms. The number of allylic oxidation sites excluding steroid dienone is 8. The first kappa shape index (κ1) is 25.2. The second-order valence-electron chi connectivity index (χ2n) is 10.3. The number of esters is 4. The summed E-state index contributed by atoms with van der Waals surface area (Å²) >= 11 is 0. The Hall–Kier alpha value is -3.42. The van der Waals surface area contributed by atoms with Crippen LogP contribution in [0.4, 0.5) is 0 Å². The first-order valence-electron chi connectivity index (χ1n) is 13.3. The molecule has 0 aromatic heterocycles. The van der Waals surface area contributed by atoms with Gasteiger partial charge in [-0.25, -0.2) is 9.59 Å². The maximum absolute atomic E-state index is 12.8. The summed E-state index contributed by atoms with van der Waals surface area (Å²) in [7, 11) is 0. The SMILES string of the molecule is O=C1OC2(CCCCC2)OC(=O)C1=C/C=C(/C=C/C1C(=O)OC2(CCCCC2)OC1=O)C1=CC=CCC1. The largest absolute Gasteiger partial charge is 0.422 e. The predicted octanol–water partition coefficient (Wildman–Crippen LogP) is 4.81. The fourth-order valence-corrected chi connectivity index (χ4v) is 5.53. The van der Waals surface area contributed by atoms with Crippen LogP contribution in [0.3, 0.4) is 0 Å². The standard InChI is InChI=1S/C29H32O8/c30-24-22(25(31)35-28(34-24)16-6-2-7-17-28)14-12-21(20-10-4-1-5-11-20)13-15-23-26(32)36-29(37-27(23)33)18-8-3-9-19-29/h1,4,10,12-15,22H,2-3,5-9,11,16-19H2/b14-12+,21-13-. The van der Waals surface area contributed by atoms with Gasteiger partial charge in [0.15, 0.2) is 5.92 Å². The molecule has 2 saturated heterocycles. The summed E-state index contributed by atoms with van der Waals surface area (Å²) in [5.74, 6) is -6.11. The van der Waals surface area contributed by atoms with Crippen molar-refractivity contribution < 1.29 is 38.1 Å². The predicted molar refractivity (Wildman–Crippen MR) is 131 cm³/mol. The zero-order valence-corrected chi connectivity index (χ0v) is 20.9. The van der Waals surface area contributed by atoms with Gasteiger partial charge >= 0.3 is 23.9 Å². The van der Waals surface area contributed by atoms with Crippen LogP contribution in [0.25, 0.3) is 0 Å². The minimum Gasteiger partial charge on any atom is -0.422 e. The van der Waals surface area contributed by atoms with E-state index in [0.717, 1.165) is 56.9 Å². The first-order chi connectivity index (χ1) is 17.9. The molecule has 2 heterocycles. The topological polar surface area (TPSA) is 105 Å². The van der Waals surface area contributed by atoms with E-state index in [4.69, 9.17) is 18.9 Å². The Labute approximate surface area is 216 Å². The zero-order chi connectivity index (χ0) is 25.9. The monoisotopic (exact) mass is 508 g/mol. The Morgan fingerprint density at radius 3 is 1.89 bits per heavy atom. The summed E-state index contributed by atoms with van der Waals surface area (Å²) in [6.07, 6.45) is 20.9. The molecule has 2 spiro atoms. The average Bonchev–Trinajstić information content (AvgIpc) is 2.88. The summed E-state index contributed by atoms with van der Waals surface area (Å²) in [6.45, 7) is 0. The lowest BCUT2D eigenvalue weighted by atomic mass is 9.92. The van der Waals surface area contributed by atoms with Gasteiger partial charge in [0.1, 0.15) is 5.57 Å². The molecular formula is C29H32O8. The quantitative estimate of drug-likeness (QED) is 0.175. The molecule has 37 heavy (non-hydrogen) atoms. The minimum atomic E-state index is -1.18. The van der Waals surface area contributed by atoms with Crippen molar-refractivity contribution in [1.29, 1.82) is 0 Å². The van der Waals surface area contributed by atoms with Crippen molar-refractivity contribution in [2.24, 2.45) is 5.92 Å². The van der Waals surface area contributed by atoms with Crippen LogP contribution in [0.15, 0.2) is 59.3 Å². The molecule has 0 N–H and O–H groups in total. The van der Waals surface area contributed by atoms with E-state index in [1.807, 2.05) is 18.2 Å². The highest BCUT2D eigenvalue weighted by Gasteiger charge is 2.49. The second-order valence-corrected chi connectivity index (χ2v) is 10.3. The van der Waals surface area contributed by atoms with Gasteiger partial charge in [0.25, 0.3) is 11.6 Å². The highest BCUT2D eigenvalue weighted by molar-refractivity contribution is 6.15. The van der Waals surface area contributed by atoms with Gasteiger partial charge in [-0.1, -0.05) is 49.3 Å². The number of carbonyl (C=O) groups is 4. The van der Waals surface area contributed by atoms with E-state index in [1.165, 1.54) is 12.2 Å². The van der Waals surface area contributed by atoms with Crippen LogP contribution < -0.4 is 0 Å². The Balaban J connectivity index is 1.36. The van der Waals surface area contributed by atoms with Gasteiger partial charge in [-0.2, -0.15) is 0 Å². The third-order valence-corrected chi connectivity index (χ3v) is 7.59. The smallest absolute Gasteiger partial charge is 0.348 e. The number of ether oxygens (including phenoxy) is 4. The summed E-state index contributed by atoms with van der Waals surface area (Å²) in [4.78, 5) is 50.9. The molecule has 0 atom stereocenters. The maximum atomic E-state index is 12.8. The Morgan fingerprint density at radius 2 is 1.35 bits per heavy atom. The number of hydrogen-bond donors (Lipinski definition) is 0. The van der Waals surface area contributed by atoms with Gasteiger partial charge < -0.3 is 18.9 Å². The maximum Gasteiger partial charge on any atom is 0.348 e. The summed E-state index contributed by atoms with van der Waals surface area (Å²) in [6, 6.07) is 0. The van der Waals surface area contributed by atoms with Gasteiger partial charge in [-0.15, -0.1) is 0 Å². The van der Waals surface area contributed by atoms with Crippen molar-refractivity contribution >= 4 is 23.9 Å². The molecule has 2 saturated carbocycles.